The zero-order valence-corrected chi connectivity index (χ0v) is 10.7. The van der Waals surface area contributed by atoms with Gasteiger partial charge >= 0.3 is 0 Å². The molecule has 2 aromatic rings. The van der Waals surface area contributed by atoms with E-state index in [1.54, 1.807) is 18.0 Å². The lowest BCUT2D eigenvalue weighted by atomic mass is 10.3. The zero-order chi connectivity index (χ0) is 12.8. The molecule has 2 aromatic heterocycles. The predicted octanol–water partition coefficient (Wildman–Crippen LogP) is 1.43. The van der Waals surface area contributed by atoms with Gasteiger partial charge < -0.3 is 14.6 Å². The Morgan fingerprint density at radius 2 is 2.39 bits per heavy atom. The monoisotopic (exact) mass is 250 g/mol. The number of hydrogen-bond acceptors (Lipinski definition) is 5. The summed E-state index contributed by atoms with van der Waals surface area (Å²) in [4.78, 5) is 0. The molecule has 18 heavy (non-hydrogen) atoms. The summed E-state index contributed by atoms with van der Waals surface area (Å²) in [5.41, 5.74) is 0.914. The molecule has 0 aliphatic carbocycles. The van der Waals surface area contributed by atoms with Crippen LogP contribution < -0.4 is 10.1 Å². The summed E-state index contributed by atoms with van der Waals surface area (Å²) in [7, 11) is 1.62. The molecule has 0 saturated carbocycles. The van der Waals surface area contributed by atoms with Gasteiger partial charge in [-0.1, -0.05) is 12.1 Å². The molecule has 0 spiro atoms. The minimum atomic E-state index is 0.560. The molecular formula is C12H18N4O2. The highest BCUT2D eigenvalue weighted by Gasteiger charge is 2.06. The Morgan fingerprint density at radius 3 is 3.11 bits per heavy atom. The lowest BCUT2D eigenvalue weighted by Gasteiger charge is -1.97. The molecule has 0 saturated heterocycles. The Morgan fingerprint density at radius 1 is 1.50 bits per heavy atom. The van der Waals surface area contributed by atoms with Crippen molar-refractivity contribution in [1.82, 2.24) is 20.3 Å². The van der Waals surface area contributed by atoms with Gasteiger partial charge in [0, 0.05) is 12.6 Å². The first-order valence-corrected chi connectivity index (χ1v) is 6.03. The Hall–Kier alpha value is -1.82. The lowest BCUT2D eigenvalue weighted by Crippen LogP contribution is -2.13. The van der Waals surface area contributed by atoms with Gasteiger partial charge in [-0.3, -0.25) is 4.68 Å². The predicted molar refractivity (Wildman–Crippen MR) is 66.4 cm³/mol. The van der Waals surface area contributed by atoms with Gasteiger partial charge in [0.1, 0.15) is 6.54 Å². The maximum atomic E-state index is 5.25. The van der Waals surface area contributed by atoms with Crippen LogP contribution in [0.5, 0.6) is 5.75 Å². The second kappa shape index (κ2) is 6.20. The van der Waals surface area contributed by atoms with Crippen molar-refractivity contribution >= 4 is 0 Å². The van der Waals surface area contributed by atoms with Crippen LogP contribution in [-0.4, -0.2) is 28.6 Å². The standard InChI is InChI=1S/C12H18N4O2/c1-3-4-13-6-10-5-11(18-15-10)8-16-9-12(17-2)7-14-16/h5,7,9,13H,3-4,6,8H2,1-2H3. The number of rotatable bonds is 7. The molecule has 0 fully saturated rings. The first-order chi connectivity index (χ1) is 8.81. The molecule has 0 radical (unpaired) electrons. The van der Waals surface area contributed by atoms with Crippen molar-refractivity contribution in [2.75, 3.05) is 13.7 Å². The molecule has 98 valence electrons. The average Bonchev–Trinajstić information content (AvgIpc) is 3.00. The van der Waals surface area contributed by atoms with E-state index in [1.165, 1.54) is 0 Å². The SMILES string of the molecule is CCCNCc1cc(Cn2cc(OC)cn2)on1. The quantitative estimate of drug-likeness (QED) is 0.753. The molecule has 0 unspecified atom stereocenters. The zero-order valence-electron chi connectivity index (χ0n) is 10.7. The average molecular weight is 250 g/mol. The number of hydrogen-bond donors (Lipinski definition) is 1. The third-order valence-corrected chi connectivity index (χ3v) is 2.50. The minimum Gasteiger partial charge on any atom is -0.493 e. The number of nitrogens with one attached hydrogen (secondary N) is 1. The summed E-state index contributed by atoms with van der Waals surface area (Å²) in [5.74, 6) is 1.52. The summed E-state index contributed by atoms with van der Waals surface area (Å²) >= 11 is 0. The summed E-state index contributed by atoms with van der Waals surface area (Å²) in [6.45, 7) is 4.41. The van der Waals surface area contributed by atoms with Gasteiger partial charge in [-0.15, -0.1) is 0 Å². The lowest BCUT2D eigenvalue weighted by molar-refractivity contribution is 0.364. The normalized spacial score (nSPS) is 10.8. The van der Waals surface area contributed by atoms with Crippen LogP contribution in [0, 0.1) is 0 Å². The van der Waals surface area contributed by atoms with Gasteiger partial charge in [-0.05, 0) is 13.0 Å². The molecule has 1 N–H and O–H groups in total. The highest BCUT2D eigenvalue weighted by molar-refractivity contribution is 5.12. The summed E-state index contributed by atoms with van der Waals surface area (Å²) < 4.78 is 12.1. The molecule has 0 bridgehead atoms. The second-order valence-electron chi connectivity index (χ2n) is 4.04. The molecule has 0 amide bonds. The van der Waals surface area contributed by atoms with Gasteiger partial charge in [-0.25, -0.2) is 0 Å². The largest absolute Gasteiger partial charge is 0.493 e. The van der Waals surface area contributed by atoms with Crippen LogP contribution in [0.4, 0.5) is 0 Å². The fourth-order valence-electron chi connectivity index (χ4n) is 1.60. The number of nitrogens with zero attached hydrogens (tertiary/aromatic N) is 3. The molecule has 2 rings (SSSR count). The van der Waals surface area contributed by atoms with E-state index >= 15 is 0 Å². The van der Waals surface area contributed by atoms with Gasteiger partial charge in [0.15, 0.2) is 11.5 Å². The maximum Gasteiger partial charge on any atom is 0.158 e. The fraction of sp³-hybridized carbons (Fsp3) is 0.500. The highest BCUT2D eigenvalue weighted by atomic mass is 16.5. The van der Waals surface area contributed by atoms with E-state index in [1.807, 2.05) is 12.3 Å². The third kappa shape index (κ3) is 3.33. The first kappa shape index (κ1) is 12.6. The Kier molecular flexibility index (Phi) is 4.35. The van der Waals surface area contributed by atoms with Crippen LogP contribution >= 0.6 is 0 Å². The topological polar surface area (TPSA) is 65.1 Å². The summed E-state index contributed by atoms with van der Waals surface area (Å²) in [5, 5.41) is 11.4. The van der Waals surface area contributed by atoms with E-state index in [2.05, 4.69) is 22.5 Å². The van der Waals surface area contributed by atoms with E-state index < -0.39 is 0 Å². The smallest absolute Gasteiger partial charge is 0.158 e. The molecule has 6 heteroatoms. The molecule has 0 aliphatic heterocycles. The van der Waals surface area contributed by atoms with Crippen LogP contribution in [0.25, 0.3) is 0 Å². The van der Waals surface area contributed by atoms with Crippen molar-refractivity contribution in [3.05, 3.63) is 29.9 Å². The van der Waals surface area contributed by atoms with Gasteiger partial charge in [0.05, 0.1) is 25.2 Å². The van der Waals surface area contributed by atoms with Crippen LogP contribution in [-0.2, 0) is 13.1 Å². The van der Waals surface area contributed by atoms with Crippen LogP contribution in [0.1, 0.15) is 24.8 Å². The Balaban J connectivity index is 1.89. The van der Waals surface area contributed by atoms with E-state index in [4.69, 9.17) is 9.26 Å². The fourth-order valence-corrected chi connectivity index (χ4v) is 1.60. The molecule has 0 aliphatic rings. The van der Waals surface area contributed by atoms with Crippen molar-refractivity contribution in [3.63, 3.8) is 0 Å². The van der Waals surface area contributed by atoms with E-state index in [9.17, 15) is 0 Å². The van der Waals surface area contributed by atoms with Crippen LogP contribution in [0.3, 0.4) is 0 Å². The molecule has 0 atom stereocenters. The van der Waals surface area contributed by atoms with E-state index in [-0.39, 0.29) is 0 Å². The van der Waals surface area contributed by atoms with Gasteiger partial charge in [0.2, 0.25) is 0 Å². The minimum absolute atomic E-state index is 0.560. The molecule has 6 nitrogen and oxygen atoms in total. The van der Waals surface area contributed by atoms with Crippen molar-refractivity contribution in [1.29, 1.82) is 0 Å². The highest BCUT2D eigenvalue weighted by Crippen LogP contribution is 2.10. The van der Waals surface area contributed by atoms with Crippen LogP contribution in [0.2, 0.25) is 0 Å². The number of methoxy groups -OCH3 is 1. The number of ether oxygens (including phenoxy) is 1. The second-order valence-corrected chi connectivity index (χ2v) is 4.04. The van der Waals surface area contributed by atoms with E-state index in [0.29, 0.717) is 6.54 Å². The van der Waals surface area contributed by atoms with E-state index in [0.717, 1.165) is 36.7 Å². The molecular weight excluding hydrogens is 232 g/mol. The number of aromatic nitrogens is 3. The van der Waals surface area contributed by atoms with Crippen molar-refractivity contribution in [2.24, 2.45) is 0 Å². The third-order valence-electron chi connectivity index (χ3n) is 2.50. The summed E-state index contributed by atoms with van der Waals surface area (Å²) in [6, 6.07) is 1.94. The van der Waals surface area contributed by atoms with Gasteiger partial charge in [-0.2, -0.15) is 5.10 Å². The molecule has 0 aromatic carbocycles. The van der Waals surface area contributed by atoms with Crippen molar-refractivity contribution in [2.45, 2.75) is 26.4 Å². The summed E-state index contributed by atoms with van der Waals surface area (Å²) in [6.07, 6.45) is 4.59. The maximum absolute atomic E-state index is 5.25. The van der Waals surface area contributed by atoms with Crippen molar-refractivity contribution in [3.8, 4) is 5.75 Å². The van der Waals surface area contributed by atoms with Crippen molar-refractivity contribution < 1.29 is 9.26 Å². The van der Waals surface area contributed by atoms with Gasteiger partial charge in [0.25, 0.3) is 0 Å². The van der Waals surface area contributed by atoms with Crippen LogP contribution in [0.15, 0.2) is 23.0 Å². The Bertz CT molecular complexity index is 478. The first-order valence-electron chi connectivity index (χ1n) is 6.03. The molecule has 2 heterocycles. The Labute approximate surface area is 106 Å².